The number of anilines is 1. The molecule has 4 heteroatoms. The zero-order valence-electron chi connectivity index (χ0n) is 9.69. The smallest absolute Gasteiger partial charge is 0.127 e. The van der Waals surface area contributed by atoms with Crippen LogP contribution in [0.25, 0.3) is 16.9 Å². The molecule has 0 spiro atoms. The van der Waals surface area contributed by atoms with Crippen molar-refractivity contribution in [3.8, 4) is 16.9 Å². The minimum atomic E-state index is 0.611. The number of pyridine rings is 1. The molecule has 2 heterocycles. The molecule has 0 aliphatic rings. The summed E-state index contributed by atoms with van der Waals surface area (Å²) >= 11 is 0. The van der Waals surface area contributed by atoms with Gasteiger partial charge < -0.3 is 5.73 Å². The summed E-state index contributed by atoms with van der Waals surface area (Å²) in [5.41, 5.74) is 8.72. The van der Waals surface area contributed by atoms with Crippen molar-refractivity contribution in [2.75, 3.05) is 5.73 Å². The molecule has 18 heavy (non-hydrogen) atoms. The van der Waals surface area contributed by atoms with Gasteiger partial charge in [0.15, 0.2) is 0 Å². The molecule has 0 aliphatic heterocycles. The van der Waals surface area contributed by atoms with Gasteiger partial charge in [0.2, 0.25) is 0 Å². The van der Waals surface area contributed by atoms with Gasteiger partial charge in [0.1, 0.15) is 5.82 Å². The van der Waals surface area contributed by atoms with Crippen LogP contribution in [0.3, 0.4) is 0 Å². The van der Waals surface area contributed by atoms with E-state index in [1.807, 2.05) is 48.5 Å². The molecule has 0 saturated carbocycles. The Bertz CT molecular complexity index is 644. The van der Waals surface area contributed by atoms with Gasteiger partial charge in [-0.1, -0.05) is 18.2 Å². The maximum absolute atomic E-state index is 5.99. The lowest BCUT2D eigenvalue weighted by molar-refractivity contribution is 0.895. The summed E-state index contributed by atoms with van der Waals surface area (Å²) in [4.78, 5) is 4.08. The predicted molar refractivity (Wildman–Crippen MR) is 71.2 cm³/mol. The summed E-state index contributed by atoms with van der Waals surface area (Å²) in [5.74, 6) is 0.611. The number of rotatable bonds is 2. The van der Waals surface area contributed by atoms with E-state index in [2.05, 4.69) is 10.1 Å². The largest absolute Gasteiger partial charge is 0.384 e. The summed E-state index contributed by atoms with van der Waals surface area (Å²) < 4.78 is 1.72. The van der Waals surface area contributed by atoms with Crippen molar-refractivity contribution in [3.63, 3.8) is 0 Å². The number of nitrogens with two attached hydrogens (primary N) is 1. The van der Waals surface area contributed by atoms with Crippen LogP contribution >= 0.6 is 0 Å². The fourth-order valence-corrected chi connectivity index (χ4v) is 1.83. The average molecular weight is 236 g/mol. The van der Waals surface area contributed by atoms with Crippen molar-refractivity contribution in [3.05, 3.63) is 60.9 Å². The van der Waals surface area contributed by atoms with E-state index in [9.17, 15) is 0 Å². The summed E-state index contributed by atoms with van der Waals surface area (Å²) in [6.45, 7) is 0. The number of hydrogen-bond donors (Lipinski definition) is 1. The molecule has 0 aliphatic carbocycles. The number of aromatic nitrogens is 3. The zero-order chi connectivity index (χ0) is 12.4. The van der Waals surface area contributed by atoms with Crippen molar-refractivity contribution in [1.82, 2.24) is 14.8 Å². The normalized spacial score (nSPS) is 10.4. The molecule has 2 aromatic heterocycles. The SMILES string of the molecule is Nc1cc(-c2cccnc2)nn1-c1ccccc1. The van der Waals surface area contributed by atoms with Crippen LogP contribution < -0.4 is 5.73 Å². The summed E-state index contributed by atoms with van der Waals surface area (Å²) in [5, 5.41) is 4.50. The second-order valence-electron chi connectivity index (χ2n) is 3.94. The van der Waals surface area contributed by atoms with Gasteiger partial charge >= 0.3 is 0 Å². The lowest BCUT2D eigenvalue weighted by Crippen LogP contribution is -2.01. The predicted octanol–water partition coefficient (Wildman–Crippen LogP) is 2.52. The minimum absolute atomic E-state index is 0.611. The quantitative estimate of drug-likeness (QED) is 0.743. The van der Waals surface area contributed by atoms with Gasteiger partial charge in [-0.05, 0) is 24.3 Å². The first-order valence-corrected chi connectivity index (χ1v) is 5.66. The Morgan fingerprint density at radius 1 is 1.00 bits per heavy atom. The highest BCUT2D eigenvalue weighted by molar-refractivity contribution is 5.62. The average Bonchev–Trinajstić information content (AvgIpc) is 2.83. The zero-order valence-corrected chi connectivity index (χ0v) is 9.69. The molecule has 0 radical (unpaired) electrons. The van der Waals surface area contributed by atoms with Gasteiger partial charge in [-0.2, -0.15) is 5.10 Å². The van der Waals surface area contributed by atoms with E-state index >= 15 is 0 Å². The fraction of sp³-hybridized carbons (Fsp3) is 0. The topological polar surface area (TPSA) is 56.7 Å². The molecule has 0 fully saturated rings. The Balaban J connectivity index is 2.07. The molecule has 88 valence electrons. The van der Waals surface area contributed by atoms with Crippen LogP contribution in [0.1, 0.15) is 0 Å². The van der Waals surface area contributed by atoms with Gasteiger partial charge in [-0.15, -0.1) is 0 Å². The Morgan fingerprint density at radius 3 is 2.56 bits per heavy atom. The van der Waals surface area contributed by atoms with Crippen LogP contribution in [0, 0.1) is 0 Å². The number of hydrogen-bond acceptors (Lipinski definition) is 3. The van der Waals surface area contributed by atoms with E-state index < -0.39 is 0 Å². The van der Waals surface area contributed by atoms with Crippen LogP contribution in [0.15, 0.2) is 60.9 Å². The second-order valence-corrected chi connectivity index (χ2v) is 3.94. The summed E-state index contributed by atoms with van der Waals surface area (Å²) in [7, 11) is 0. The fourth-order valence-electron chi connectivity index (χ4n) is 1.83. The molecular formula is C14H12N4. The molecule has 2 N–H and O–H groups in total. The second kappa shape index (κ2) is 4.33. The van der Waals surface area contributed by atoms with E-state index in [0.29, 0.717) is 5.82 Å². The monoisotopic (exact) mass is 236 g/mol. The van der Waals surface area contributed by atoms with Crippen LogP contribution in [0.2, 0.25) is 0 Å². The molecule has 0 unspecified atom stereocenters. The highest BCUT2D eigenvalue weighted by Gasteiger charge is 2.08. The highest BCUT2D eigenvalue weighted by atomic mass is 15.3. The molecular weight excluding hydrogens is 224 g/mol. The van der Waals surface area contributed by atoms with E-state index in [0.717, 1.165) is 16.9 Å². The lowest BCUT2D eigenvalue weighted by atomic mass is 10.2. The van der Waals surface area contributed by atoms with Crippen molar-refractivity contribution < 1.29 is 0 Å². The van der Waals surface area contributed by atoms with Crippen LogP contribution in [-0.4, -0.2) is 14.8 Å². The Kier molecular flexibility index (Phi) is 2.53. The Hall–Kier alpha value is -2.62. The van der Waals surface area contributed by atoms with E-state index in [4.69, 9.17) is 5.73 Å². The molecule has 0 bridgehead atoms. The first-order chi connectivity index (χ1) is 8.84. The van der Waals surface area contributed by atoms with Gasteiger partial charge in [-0.3, -0.25) is 4.98 Å². The van der Waals surface area contributed by atoms with E-state index in [-0.39, 0.29) is 0 Å². The van der Waals surface area contributed by atoms with Crippen LogP contribution in [0.4, 0.5) is 5.82 Å². The van der Waals surface area contributed by atoms with Crippen molar-refractivity contribution in [2.45, 2.75) is 0 Å². The van der Waals surface area contributed by atoms with Gasteiger partial charge in [-0.25, -0.2) is 4.68 Å². The van der Waals surface area contributed by atoms with E-state index in [1.165, 1.54) is 0 Å². The maximum atomic E-state index is 5.99. The maximum Gasteiger partial charge on any atom is 0.127 e. The Morgan fingerprint density at radius 2 is 1.83 bits per heavy atom. The standard InChI is InChI=1S/C14H12N4/c15-14-9-13(11-5-4-8-16-10-11)17-18(14)12-6-2-1-3-7-12/h1-10H,15H2. The van der Waals surface area contributed by atoms with Gasteiger partial charge in [0.05, 0.1) is 11.4 Å². The van der Waals surface area contributed by atoms with Gasteiger partial charge in [0.25, 0.3) is 0 Å². The molecule has 1 aromatic carbocycles. The van der Waals surface area contributed by atoms with Crippen LogP contribution in [0.5, 0.6) is 0 Å². The molecule has 0 saturated heterocycles. The third kappa shape index (κ3) is 1.84. The number of nitrogens with zero attached hydrogens (tertiary/aromatic N) is 3. The Labute approximate surface area is 105 Å². The molecule has 3 rings (SSSR count). The van der Waals surface area contributed by atoms with Gasteiger partial charge in [0, 0.05) is 24.0 Å². The molecule has 0 amide bonds. The number of nitrogen functional groups attached to an aromatic ring is 1. The van der Waals surface area contributed by atoms with Crippen molar-refractivity contribution >= 4 is 5.82 Å². The van der Waals surface area contributed by atoms with Crippen LogP contribution in [-0.2, 0) is 0 Å². The van der Waals surface area contributed by atoms with Crippen molar-refractivity contribution in [2.24, 2.45) is 0 Å². The molecule has 3 aromatic rings. The number of benzene rings is 1. The first kappa shape index (κ1) is 10.5. The third-order valence-corrected chi connectivity index (χ3v) is 2.69. The van der Waals surface area contributed by atoms with Crippen molar-refractivity contribution in [1.29, 1.82) is 0 Å². The molecule has 0 atom stereocenters. The highest BCUT2D eigenvalue weighted by Crippen LogP contribution is 2.21. The first-order valence-electron chi connectivity index (χ1n) is 5.66. The number of para-hydroxylation sites is 1. The molecule has 4 nitrogen and oxygen atoms in total. The van der Waals surface area contributed by atoms with E-state index in [1.54, 1.807) is 17.1 Å². The third-order valence-electron chi connectivity index (χ3n) is 2.69. The summed E-state index contributed by atoms with van der Waals surface area (Å²) in [6, 6.07) is 15.5. The lowest BCUT2D eigenvalue weighted by Gasteiger charge is -2.02. The summed E-state index contributed by atoms with van der Waals surface area (Å²) in [6.07, 6.45) is 3.51. The minimum Gasteiger partial charge on any atom is -0.384 e.